The number of hydrogen-bond acceptors (Lipinski definition) is 5. The molecule has 0 radical (unpaired) electrons. The Bertz CT molecular complexity index is 1200. The predicted octanol–water partition coefficient (Wildman–Crippen LogP) is 4.98. The largest absolute Gasteiger partial charge is 0.347 e. The highest BCUT2D eigenvalue weighted by molar-refractivity contribution is 5.90. The van der Waals surface area contributed by atoms with E-state index in [-0.39, 0.29) is 11.8 Å². The van der Waals surface area contributed by atoms with E-state index >= 15 is 0 Å². The third-order valence-electron chi connectivity index (χ3n) is 7.28. The first-order valence-corrected chi connectivity index (χ1v) is 13.2. The van der Waals surface area contributed by atoms with Crippen LogP contribution in [0.1, 0.15) is 72.9 Å². The second-order valence-electron chi connectivity index (χ2n) is 10.4. The summed E-state index contributed by atoms with van der Waals surface area (Å²) in [6.45, 7) is 8.42. The summed E-state index contributed by atoms with van der Waals surface area (Å²) in [6.07, 6.45) is 6.86. The number of amides is 2. The zero-order chi connectivity index (χ0) is 26.6. The summed E-state index contributed by atoms with van der Waals surface area (Å²) < 4.78 is 11.7. The van der Waals surface area contributed by atoms with Crippen molar-refractivity contribution in [3.05, 3.63) is 57.6 Å². The summed E-state index contributed by atoms with van der Waals surface area (Å²) in [5.41, 5.74) is 8.81. The van der Waals surface area contributed by atoms with Gasteiger partial charge in [-0.3, -0.25) is 14.4 Å². The summed E-state index contributed by atoms with van der Waals surface area (Å²) in [5, 5.41) is 5.73. The first kappa shape index (κ1) is 27.0. The number of ketones is 1. The van der Waals surface area contributed by atoms with Gasteiger partial charge in [0.2, 0.25) is 11.8 Å². The Hall–Kier alpha value is -3.03. The lowest BCUT2D eigenvalue weighted by molar-refractivity contribution is -0.160. The normalized spacial score (nSPS) is 18.0. The molecule has 198 valence electrons. The van der Waals surface area contributed by atoms with E-state index < -0.39 is 5.79 Å². The van der Waals surface area contributed by atoms with Crippen molar-refractivity contribution < 1.29 is 23.9 Å². The van der Waals surface area contributed by atoms with Gasteiger partial charge in [0.05, 0.1) is 13.2 Å². The first-order chi connectivity index (χ1) is 17.6. The highest BCUT2D eigenvalue weighted by Crippen LogP contribution is 2.36. The Balaban J connectivity index is 0.000000176. The van der Waals surface area contributed by atoms with E-state index in [1.807, 2.05) is 26.0 Å². The van der Waals surface area contributed by atoms with Gasteiger partial charge in [-0.2, -0.15) is 0 Å². The van der Waals surface area contributed by atoms with Crippen LogP contribution in [0.3, 0.4) is 0 Å². The number of nitrogens with one attached hydrogen (secondary N) is 2. The molecule has 1 fully saturated rings. The molecular formula is C30H38N2O5. The van der Waals surface area contributed by atoms with E-state index in [0.29, 0.717) is 31.8 Å². The molecule has 0 bridgehead atoms. The van der Waals surface area contributed by atoms with Gasteiger partial charge in [-0.15, -0.1) is 0 Å². The smallest absolute Gasteiger partial charge is 0.221 e. The van der Waals surface area contributed by atoms with Crippen LogP contribution in [-0.4, -0.2) is 36.6 Å². The van der Waals surface area contributed by atoms with Gasteiger partial charge in [-0.1, -0.05) is 12.1 Å². The van der Waals surface area contributed by atoms with E-state index in [2.05, 4.69) is 22.8 Å². The molecule has 37 heavy (non-hydrogen) atoms. The number of anilines is 2. The van der Waals surface area contributed by atoms with Crippen LogP contribution >= 0.6 is 0 Å². The van der Waals surface area contributed by atoms with Crippen molar-refractivity contribution in [1.29, 1.82) is 0 Å². The standard InChI is InChI=1S/C16H21NO3.C14H17NO2/c1-11-8-14-10-16(19-6-7-20-16)5-3-4-13(14)9-15(11)17-12(2)18;1-9-6-12-7-13(17)5-3-4-11(12)8-14(9)15-10(2)16/h8-9H,3-7,10H2,1-2H3,(H,17,18);6,8H,3-5,7H2,1-2H3,(H,15,16). The third-order valence-corrected chi connectivity index (χ3v) is 7.28. The van der Waals surface area contributed by atoms with Crippen molar-refractivity contribution in [2.45, 2.75) is 84.8 Å². The molecule has 2 amide bonds. The maximum Gasteiger partial charge on any atom is 0.221 e. The van der Waals surface area contributed by atoms with Gasteiger partial charge in [0.15, 0.2) is 5.79 Å². The van der Waals surface area contributed by atoms with Gasteiger partial charge in [0.25, 0.3) is 0 Å². The fourth-order valence-electron chi connectivity index (χ4n) is 5.52. The minimum atomic E-state index is -0.410. The molecule has 0 aromatic heterocycles. The minimum absolute atomic E-state index is 0.0272. The fourth-order valence-corrected chi connectivity index (χ4v) is 5.52. The van der Waals surface area contributed by atoms with Gasteiger partial charge in [0, 0.05) is 50.9 Å². The van der Waals surface area contributed by atoms with Crippen molar-refractivity contribution in [3.63, 3.8) is 0 Å². The summed E-state index contributed by atoms with van der Waals surface area (Å²) >= 11 is 0. The third kappa shape index (κ3) is 6.84. The zero-order valence-electron chi connectivity index (χ0n) is 22.4. The fraction of sp³-hybridized carbons (Fsp3) is 0.500. The van der Waals surface area contributed by atoms with Gasteiger partial charge in [-0.05, 0) is 85.0 Å². The van der Waals surface area contributed by atoms with Crippen LogP contribution < -0.4 is 10.6 Å². The molecule has 3 aliphatic rings. The summed E-state index contributed by atoms with van der Waals surface area (Å²) in [6, 6.07) is 8.33. The first-order valence-electron chi connectivity index (χ1n) is 13.2. The molecule has 0 saturated carbocycles. The lowest BCUT2D eigenvalue weighted by Gasteiger charge is -2.26. The van der Waals surface area contributed by atoms with Crippen LogP contribution in [0, 0.1) is 13.8 Å². The Labute approximate surface area is 219 Å². The van der Waals surface area contributed by atoms with E-state index in [9.17, 15) is 14.4 Å². The minimum Gasteiger partial charge on any atom is -0.347 e. The quantitative estimate of drug-likeness (QED) is 0.561. The molecule has 1 heterocycles. The molecule has 2 aromatic carbocycles. The monoisotopic (exact) mass is 506 g/mol. The van der Waals surface area contributed by atoms with Crippen LogP contribution in [0.25, 0.3) is 0 Å². The Morgan fingerprint density at radius 2 is 1.30 bits per heavy atom. The molecule has 7 nitrogen and oxygen atoms in total. The van der Waals surface area contributed by atoms with Gasteiger partial charge < -0.3 is 20.1 Å². The zero-order valence-corrected chi connectivity index (χ0v) is 22.4. The number of rotatable bonds is 2. The van der Waals surface area contributed by atoms with E-state index in [0.717, 1.165) is 66.6 Å². The lowest BCUT2D eigenvalue weighted by atomic mass is 9.97. The number of benzene rings is 2. The lowest BCUT2D eigenvalue weighted by Crippen LogP contribution is -2.32. The molecule has 1 spiro atoms. The van der Waals surface area contributed by atoms with Crippen molar-refractivity contribution in [2.24, 2.45) is 0 Å². The molecule has 7 heteroatoms. The summed E-state index contributed by atoms with van der Waals surface area (Å²) in [7, 11) is 0. The van der Waals surface area contributed by atoms with Gasteiger partial charge >= 0.3 is 0 Å². The highest BCUT2D eigenvalue weighted by atomic mass is 16.7. The number of carbonyl (C=O) groups excluding carboxylic acids is 3. The van der Waals surface area contributed by atoms with E-state index in [4.69, 9.17) is 9.47 Å². The average Bonchev–Trinajstić information content (AvgIpc) is 3.10. The van der Waals surface area contributed by atoms with Crippen LogP contribution in [-0.2, 0) is 49.5 Å². The second kappa shape index (κ2) is 11.6. The number of carbonyl (C=O) groups is 3. The van der Waals surface area contributed by atoms with Crippen molar-refractivity contribution in [2.75, 3.05) is 23.8 Å². The number of fused-ring (bicyclic) bond motifs is 2. The van der Waals surface area contributed by atoms with Gasteiger partial charge in [0.1, 0.15) is 5.78 Å². The molecule has 2 aromatic rings. The van der Waals surface area contributed by atoms with Crippen LogP contribution in [0.15, 0.2) is 24.3 Å². The topological polar surface area (TPSA) is 93.7 Å². The van der Waals surface area contributed by atoms with Crippen LogP contribution in [0.5, 0.6) is 0 Å². The Kier molecular flexibility index (Phi) is 8.45. The molecule has 2 N–H and O–H groups in total. The van der Waals surface area contributed by atoms with E-state index in [1.165, 1.54) is 23.6 Å². The summed E-state index contributed by atoms with van der Waals surface area (Å²) in [5.74, 6) is -0.179. The van der Waals surface area contributed by atoms with Crippen molar-refractivity contribution in [3.8, 4) is 0 Å². The second-order valence-corrected chi connectivity index (χ2v) is 10.4. The number of aryl methyl sites for hydroxylation is 4. The Morgan fingerprint density at radius 1 is 0.757 bits per heavy atom. The molecule has 5 rings (SSSR count). The van der Waals surface area contributed by atoms with Crippen molar-refractivity contribution >= 4 is 29.0 Å². The molecule has 0 unspecified atom stereocenters. The maximum atomic E-state index is 11.6. The molecular weight excluding hydrogens is 468 g/mol. The number of ether oxygens (including phenoxy) is 2. The van der Waals surface area contributed by atoms with Crippen LogP contribution in [0.4, 0.5) is 11.4 Å². The maximum absolute atomic E-state index is 11.6. The SMILES string of the molecule is CC(=O)Nc1cc2c(cc1C)CC(=O)CCC2.CC(=O)Nc1cc2c(cc1C)CC1(CCC2)OCCO1. The van der Waals surface area contributed by atoms with Crippen LogP contribution in [0.2, 0.25) is 0 Å². The number of Topliss-reactive ketones (excluding diaryl/α,β-unsaturated/α-hetero) is 1. The molecule has 2 aliphatic carbocycles. The molecule has 1 aliphatic heterocycles. The Morgan fingerprint density at radius 3 is 1.89 bits per heavy atom. The van der Waals surface area contributed by atoms with E-state index in [1.54, 1.807) is 6.92 Å². The number of hydrogen-bond donors (Lipinski definition) is 2. The van der Waals surface area contributed by atoms with Crippen molar-refractivity contribution in [1.82, 2.24) is 0 Å². The predicted molar refractivity (Wildman–Crippen MR) is 144 cm³/mol. The van der Waals surface area contributed by atoms with Gasteiger partial charge in [-0.25, -0.2) is 0 Å². The average molecular weight is 507 g/mol. The highest BCUT2D eigenvalue weighted by Gasteiger charge is 2.38. The molecule has 1 saturated heterocycles. The summed E-state index contributed by atoms with van der Waals surface area (Å²) in [4.78, 5) is 33.9. The molecule has 0 atom stereocenters.